The fourth-order valence-electron chi connectivity index (χ4n) is 1.93. The first kappa shape index (κ1) is 9.49. The van der Waals surface area contributed by atoms with Gasteiger partial charge in [-0.3, -0.25) is 9.59 Å². The molecule has 0 spiro atoms. The molecule has 1 unspecified atom stereocenters. The van der Waals surface area contributed by atoms with Crippen LogP contribution in [0.25, 0.3) is 0 Å². The van der Waals surface area contributed by atoms with E-state index < -0.39 is 5.97 Å². The van der Waals surface area contributed by atoms with Crippen molar-refractivity contribution in [2.75, 3.05) is 13.1 Å². The Morgan fingerprint density at radius 1 is 1.43 bits per heavy atom. The lowest BCUT2D eigenvalue weighted by Crippen LogP contribution is -2.34. The van der Waals surface area contributed by atoms with E-state index in [1.54, 1.807) is 4.90 Å². The number of likely N-dealkylation sites (tertiary alicyclic amines) is 1. The standard InChI is InChI=1S/C10H15NO3/c1-10(3-4-10)9(14)11-5-2-7(6-11)8(12)13/h7H,2-6H2,1H3,(H,12,13). The molecule has 0 radical (unpaired) electrons. The number of amides is 1. The lowest BCUT2D eigenvalue weighted by Gasteiger charge is -2.19. The van der Waals surface area contributed by atoms with E-state index in [2.05, 4.69) is 0 Å². The molecule has 78 valence electrons. The molecule has 1 N–H and O–H groups in total. The van der Waals surface area contributed by atoms with Crippen molar-refractivity contribution in [3.63, 3.8) is 0 Å². The molecule has 2 rings (SSSR count). The first-order chi connectivity index (χ1) is 6.53. The molecule has 0 aromatic carbocycles. The van der Waals surface area contributed by atoms with E-state index in [9.17, 15) is 9.59 Å². The van der Waals surface area contributed by atoms with Crippen molar-refractivity contribution in [3.05, 3.63) is 0 Å². The van der Waals surface area contributed by atoms with E-state index in [-0.39, 0.29) is 17.2 Å². The first-order valence-corrected chi connectivity index (χ1v) is 5.05. The summed E-state index contributed by atoms with van der Waals surface area (Å²) in [6.07, 6.45) is 2.53. The molecular weight excluding hydrogens is 182 g/mol. The molecule has 0 aromatic heterocycles. The van der Waals surface area contributed by atoms with Crippen molar-refractivity contribution >= 4 is 11.9 Å². The molecule has 1 saturated carbocycles. The van der Waals surface area contributed by atoms with E-state index in [1.165, 1.54) is 0 Å². The van der Waals surface area contributed by atoms with Crippen LogP contribution in [0.4, 0.5) is 0 Å². The Morgan fingerprint density at radius 2 is 2.07 bits per heavy atom. The normalized spacial score (nSPS) is 28.9. The number of carboxylic acids is 1. The monoisotopic (exact) mass is 197 g/mol. The summed E-state index contributed by atoms with van der Waals surface area (Å²) >= 11 is 0. The minimum absolute atomic E-state index is 0.154. The highest BCUT2D eigenvalue weighted by atomic mass is 16.4. The van der Waals surface area contributed by atoms with Gasteiger partial charge in [0.2, 0.25) is 5.91 Å². The van der Waals surface area contributed by atoms with Gasteiger partial charge in [0, 0.05) is 18.5 Å². The van der Waals surface area contributed by atoms with Gasteiger partial charge in [0.15, 0.2) is 0 Å². The molecule has 1 atom stereocenters. The van der Waals surface area contributed by atoms with E-state index >= 15 is 0 Å². The number of carbonyl (C=O) groups is 2. The van der Waals surface area contributed by atoms with Gasteiger partial charge in [-0.15, -0.1) is 0 Å². The Labute approximate surface area is 82.9 Å². The molecule has 4 heteroatoms. The van der Waals surface area contributed by atoms with Gasteiger partial charge < -0.3 is 10.0 Å². The predicted molar refractivity (Wildman–Crippen MR) is 49.7 cm³/mol. The van der Waals surface area contributed by atoms with Crippen LogP contribution in [-0.2, 0) is 9.59 Å². The fraction of sp³-hybridized carbons (Fsp3) is 0.800. The lowest BCUT2D eigenvalue weighted by atomic mass is 10.1. The zero-order valence-corrected chi connectivity index (χ0v) is 8.32. The van der Waals surface area contributed by atoms with Gasteiger partial charge in [0.25, 0.3) is 0 Å². The van der Waals surface area contributed by atoms with Gasteiger partial charge >= 0.3 is 5.97 Å². The highest BCUT2D eigenvalue weighted by Crippen LogP contribution is 2.47. The van der Waals surface area contributed by atoms with Crippen molar-refractivity contribution in [2.24, 2.45) is 11.3 Å². The quantitative estimate of drug-likeness (QED) is 0.709. The summed E-state index contributed by atoms with van der Waals surface area (Å²) in [6.45, 7) is 2.98. The molecular formula is C10H15NO3. The molecule has 0 aromatic rings. The molecule has 1 heterocycles. The average molecular weight is 197 g/mol. The Kier molecular flexibility index (Phi) is 2.01. The highest BCUT2D eigenvalue weighted by Gasteiger charge is 2.48. The Morgan fingerprint density at radius 3 is 2.50 bits per heavy atom. The van der Waals surface area contributed by atoms with Crippen LogP contribution >= 0.6 is 0 Å². The SMILES string of the molecule is CC1(C(=O)N2CCC(C(=O)O)C2)CC1. The molecule has 2 fully saturated rings. The van der Waals surface area contributed by atoms with Crippen molar-refractivity contribution in [1.82, 2.24) is 4.90 Å². The summed E-state index contributed by atoms with van der Waals surface area (Å²) < 4.78 is 0. The molecule has 1 amide bonds. The second-order valence-electron chi connectivity index (χ2n) is 4.64. The zero-order valence-electron chi connectivity index (χ0n) is 8.32. The van der Waals surface area contributed by atoms with Crippen LogP contribution in [0.15, 0.2) is 0 Å². The maximum absolute atomic E-state index is 11.8. The smallest absolute Gasteiger partial charge is 0.308 e. The van der Waals surface area contributed by atoms with Crippen molar-refractivity contribution in [2.45, 2.75) is 26.2 Å². The van der Waals surface area contributed by atoms with Gasteiger partial charge in [0.05, 0.1) is 5.92 Å². The highest BCUT2D eigenvalue weighted by molar-refractivity contribution is 5.86. The number of rotatable bonds is 2. The van der Waals surface area contributed by atoms with Gasteiger partial charge in [-0.1, -0.05) is 6.92 Å². The largest absolute Gasteiger partial charge is 0.481 e. The van der Waals surface area contributed by atoms with Crippen molar-refractivity contribution in [1.29, 1.82) is 0 Å². The summed E-state index contributed by atoms with van der Waals surface area (Å²) in [5.41, 5.74) is -0.159. The number of hydrogen-bond acceptors (Lipinski definition) is 2. The fourth-order valence-corrected chi connectivity index (χ4v) is 1.93. The Balaban J connectivity index is 1.95. The predicted octanol–water partition coefficient (Wildman–Crippen LogP) is 0.720. The Hall–Kier alpha value is -1.06. The van der Waals surface area contributed by atoms with Crippen LogP contribution in [0.2, 0.25) is 0 Å². The van der Waals surface area contributed by atoms with Gasteiger partial charge in [-0.2, -0.15) is 0 Å². The lowest BCUT2D eigenvalue weighted by molar-refractivity contribution is -0.141. The third-order valence-corrected chi connectivity index (χ3v) is 3.34. The topological polar surface area (TPSA) is 57.6 Å². The van der Waals surface area contributed by atoms with Crippen LogP contribution < -0.4 is 0 Å². The summed E-state index contributed by atoms with van der Waals surface area (Å²) in [5.74, 6) is -0.969. The molecule has 2 aliphatic rings. The van der Waals surface area contributed by atoms with Crippen molar-refractivity contribution in [3.8, 4) is 0 Å². The summed E-state index contributed by atoms with van der Waals surface area (Å²) in [6, 6.07) is 0. The van der Waals surface area contributed by atoms with E-state index in [0.717, 1.165) is 12.8 Å². The second-order valence-corrected chi connectivity index (χ2v) is 4.64. The minimum Gasteiger partial charge on any atom is -0.481 e. The molecule has 1 aliphatic heterocycles. The van der Waals surface area contributed by atoms with Crippen LogP contribution in [0.3, 0.4) is 0 Å². The van der Waals surface area contributed by atoms with Crippen LogP contribution in [0, 0.1) is 11.3 Å². The maximum atomic E-state index is 11.8. The third kappa shape index (κ3) is 1.49. The third-order valence-electron chi connectivity index (χ3n) is 3.34. The first-order valence-electron chi connectivity index (χ1n) is 5.05. The average Bonchev–Trinajstić information content (AvgIpc) is 2.69. The molecule has 1 saturated heterocycles. The van der Waals surface area contributed by atoms with E-state index in [1.807, 2.05) is 6.92 Å². The minimum atomic E-state index is -0.777. The molecule has 4 nitrogen and oxygen atoms in total. The number of hydrogen-bond donors (Lipinski definition) is 1. The molecule has 14 heavy (non-hydrogen) atoms. The van der Waals surface area contributed by atoms with Gasteiger partial charge in [-0.05, 0) is 19.3 Å². The van der Waals surface area contributed by atoms with Crippen molar-refractivity contribution < 1.29 is 14.7 Å². The van der Waals surface area contributed by atoms with Crippen LogP contribution in [0.1, 0.15) is 26.2 Å². The maximum Gasteiger partial charge on any atom is 0.308 e. The number of aliphatic carboxylic acids is 1. The van der Waals surface area contributed by atoms with Gasteiger partial charge in [0.1, 0.15) is 0 Å². The Bertz CT molecular complexity index is 283. The molecule has 0 bridgehead atoms. The van der Waals surface area contributed by atoms with Crippen LogP contribution in [-0.4, -0.2) is 35.0 Å². The summed E-state index contributed by atoms with van der Waals surface area (Å²) in [4.78, 5) is 24.2. The number of nitrogens with zero attached hydrogens (tertiary/aromatic N) is 1. The zero-order chi connectivity index (χ0) is 10.3. The number of carbonyl (C=O) groups excluding carboxylic acids is 1. The molecule has 1 aliphatic carbocycles. The summed E-state index contributed by atoms with van der Waals surface area (Å²) in [5, 5.41) is 8.79. The van der Waals surface area contributed by atoms with Gasteiger partial charge in [-0.25, -0.2) is 0 Å². The van der Waals surface area contributed by atoms with E-state index in [0.29, 0.717) is 19.5 Å². The second kappa shape index (κ2) is 2.97. The summed E-state index contributed by atoms with van der Waals surface area (Å²) in [7, 11) is 0. The van der Waals surface area contributed by atoms with Crippen LogP contribution in [0.5, 0.6) is 0 Å². The number of carboxylic acid groups (broad SMARTS) is 1. The van der Waals surface area contributed by atoms with E-state index in [4.69, 9.17) is 5.11 Å².